The summed E-state index contributed by atoms with van der Waals surface area (Å²) >= 11 is 5.45. The van der Waals surface area contributed by atoms with Crippen LogP contribution in [0, 0.1) is 5.92 Å². The number of hydrogen-bond acceptors (Lipinski definition) is 4. The lowest BCUT2D eigenvalue weighted by Gasteiger charge is -2.19. The van der Waals surface area contributed by atoms with Crippen LogP contribution in [0.2, 0.25) is 0 Å². The number of anilines is 1. The first-order valence-corrected chi connectivity index (χ1v) is 13.4. The molecule has 2 aromatic rings. The van der Waals surface area contributed by atoms with Gasteiger partial charge in [0.05, 0.1) is 12.9 Å². The first kappa shape index (κ1) is 26.1. The number of sulfonamides is 1. The number of unbranched alkanes of at least 4 members (excludes halogenated alkanes) is 2. The second kappa shape index (κ2) is 14.1. The van der Waals surface area contributed by atoms with Crippen molar-refractivity contribution in [2.45, 2.75) is 39.2 Å². The summed E-state index contributed by atoms with van der Waals surface area (Å²) in [6, 6.07) is 17.6. The second-order valence-corrected chi connectivity index (χ2v) is 10.1. The zero-order valence-corrected chi connectivity index (χ0v) is 20.6. The van der Waals surface area contributed by atoms with Gasteiger partial charge in [-0.05, 0) is 48.3 Å². The van der Waals surface area contributed by atoms with Gasteiger partial charge in [0.25, 0.3) is 0 Å². The molecule has 0 saturated heterocycles. The third kappa shape index (κ3) is 11.5. The maximum Gasteiger partial charge on any atom is 0.229 e. The van der Waals surface area contributed by atoms with E-state index in [0.29, 0.717) is 29.9 Å². The number of rotatable bonds is 14. The van der Waals surface area contributed by atoms with E-state index in [9.17, 15) is 8.42 Å². The Balaban J connectivity index is 1.79. The minimum atomic E-state index is -3.27. The number of benzene rings is 2. The number of hydrogen-bond donors (Lipinski definition) is 3. The summed E-state index contributed by atoms with van der Waals surface area (Å²) in [6.07, 6.45) is 5.55. The maximum absolute atomic E-state index is 11.3. The van der Waals surface area contributed by atoms with E-state index in [1.165, 1.54) is 18.4 Å². The molecule has 0 heterocycles. The van der Waals surface area contributed by atoms with Crippen molar-refractivity contribution in [3.63, 3.8) is 0 Å². The fraction of sp³-hybridized carbons (Fsp3) is 0.458. The topological polar surface area (TPSA) is 79.5 Å². The molecule has 8 heteroatoms. The molecule has 3 N–H and O–H groups in total. The highest BCUT2D eigenvalue weighted by atomic mass is 32.2. The van der Waals surface area contributed by atoms with Crippen LogP contribution in [0.5, 0.6) is 0 Å². The van der Waals surface area contributed by atoms with Crippen molar-refractivity contribution in [1.29, 1.82) is 0 Å². The zero-order chi connectivity index (χ0) is 23.2. The van der Waals surface area contributed by atoms with E-state index >= 15 is 0 Å². The molecule has 0 radical (unpaired) electrons. The van der Waals surface area contributed by atoms with Crippen LogP contribution in [0.3, 0.4) is 0 Å². The molecule has 0 aromatic heterocycles. The molecule has 0 aliphatic carbocycles. The molecule has 0 fully saturated rings. The second-order valence-electron chi connectivity index (χ2n) is 7.97. The lowest BCUT2D eigenvalue weighted by atomic mass is 10.00. The molecule has 1 unspecified atom stereocenters. The van der Waals surface area contributed by atoms with Crippen LogP contribution < -0.4 is 15.4 Å². The van der Waals surface area contributed by atoms with Crippen molar-refractivity contribution in [2.75, 3.05) is 30.7 Å². The Labute approximate surface area is 198 Å². The van der Waals surface area contributed by atoms with Gasteiger partial charge in [-0.1, -0.05) is 62.2 Å². The third-order valence-corrected chi connectivity index (χ3v) is 5.77. The third-order valence-electron chi connectivity index (χ3n) is 4.87. The van der Waals surface area contributed by atoms with Crippen molar-refractivity contribution in [1.82, 2.24) is 10.6 Å². The summed E-state index contributed by atoms with van der Waals surface area (Å²) in [4.78, 5) is 0. The smallest absolute Gasteiger partial charge is 0.229 e. The van der Waals surface area contributed by atoms with Crippen LogP contribution in [0.1, 0.15) is 37.3 Å². The van der Waals surface area contributed by atoms with Crippen LogP contribution in [0.4, 0.5) is 5.69 Å². The van der Waals surface area contributed by atoms with Crippen molar-refractivity contribution in [3.05, 3.63) is 65.7 Å². The number of thiocarbonyl (C=S) groups is 1. The van der Waals surface area contributed by atoms with Gasteiger partial charge in [0, 0.05) is 31.3 Å². The average Bonchev–Trinajstić information content (AvgIpc) is 2.76. The van der Waals surface area contributed by atoms with Gasteiger partial charge in [-0.3, -0.25) is 4.72 Å². The normalized spacial score (nSPS) is 12.2. The van der Waals surface area contributed by atoms with Crippen molar-refractivity contribution in [3.8, 4) is 0 Å². The summed E-state index contributed by atoms with van der Waals surface area (Å²) < 4.78 is 31.0. The molecule has 0 amide bonds. The minimum absolute atomic E-state index is 0.320. The monoisotopic (exact) mass is 477 g/mol. The Kier molecular flexibility index (Phi) is 11.5. The molecule has 1 atom stereocenters. The van der Waals surface area contributed by atoms with E-state index in [0.717, 1.165) is 37.8 Å². The van der Waals surface area contributed by atoms with Crippen molar-refractivity contribution < 1.29 is 13.2 Å². The first-order valence-electron chi connectivity index (χ1n) is 11.1. The molecule has 0 spiro atoms. The number of nitrogens with one attached hydrogen (secondary N) is 3. The van der Waals surface area contributed by atoms with E-state index in [-0.39, 0.29) is 0 Å². The van der Waals surface area contributed by atoms with E-state index in [1.54, 1.807) is 12.1 Å². The highest BCUT2D eigenvalue weighted by Crippen LogP contribution is 2.11. The molecule has 6 nitrogen and oxygen atoms in total. The molecule has 176 valence electrons. The minimum Gasteiger partial charge on any atom is -0.381 e. The summed E-state index contributed by atoms with van der Waals surface area (Å²) in [5.74, 6) is 0.320. The SMILES string of the molecule is CCCCCOCC(CNC(=S)NCc1ccc(NS(C)(=O)=O)cc1)Cc1ccccc1. The van der Waals surface area contributed by atoms with Crippen LogP contribution in [0.15, 0.2) is 54.6 Å². The first-order chi connectivity index (χ1) is 15.4. The summed E-state index contributed by atoms with van der Waals surface area (Å²) in [7, 11) is -3.27. The van der Waals surface area contributed by atoms with Gasteiger partial charge in [-0.15, -0.1) is 0 Å². The molecule has 0 aliphatic rings. The lowest BCUT2D eigenvalue weighted by Crippen LogP contribution is -2.39. The molecular formula is C24H35N3O3S2. The highest BCUT2D eigenvalue weighted by molar-refractivity contribution is 7.92. The zero-order valence-electron chi connectivity index (χ0n) is 19.0. The van der Waals surface area contributed by atoms with Crippen LogP contribution in [0.25, 0.3) is 0 Å². The van der Waals surface area contributed by atoms with Crippen LogP contribution in [-0.2, 0) is 27.7 Å². The van der Waals surface area contributed by atoms with E-state index < -0.39 is 10.0 Å². The van der Waals surface area contributed by atoms with Gasteiger partial charge in [0.2, 0.25) is 10.0 Å². The lowest BCUT2D eigenvalue weighted by molar-refractivity contribution is 0.0971. The van der Waals surface area contributed by atoms with Gasteiger partial charge in [0.1, 0.15) is 0 Å². The molecule has 2 aromatic carbocycles. The van der Waals surface area contributed by atoms with E-state index in [2.05, 4.69) is 46.5 Å². The highest BCUT2D eigenvalue weighted by Gasteiger charge is 2.11. The standard InChI is InChI=1S/C24H35N3O3S2/c1-3-4-8-15-30-19-22(16-20-9-6-5-7-10-20)18-26-24(31)25-17-21-11-13-23(14-12-21)27-32(2,28)29/h5-7,9-14,22,27H,3-4,8,15-19H2,1-2H3,(H2,25,26,31). The van der Waals surface area contributed by atoms with Crippen molar-refractivity contribution in [2.24, 2.45) is 5.92 Å². The molecule has 32 heavy (non-hydrogen) atoms. The predicted molar refractivity (Wildman–Crippen MR) is 136 cm³/mol. The summed E-state index contributed by atoms with van der Waals surface area (Å²) in [5.41, 5.74) is 2.84. The quantitative estimate of drug-likeness (QED) is 0.281. The van der Waals surface area contributed by atoms with Gasteiger partial charge in [0.15, 0.2) is 5.11 Å². The van der Waals surface area contributed by atoms with E-state index in [1.807, 2.05) is 18.2 Å². The van der Waals surface area contributed by atoms with Gasteiger partial charge in [-0.2, -0.15) is 0 Å². The fourth-order valence-electron chi connectivity index (χ4n) is 3.23. The van der Waals surface area contributed by atoms with Gasteiger partial charge < -0.3 is 15.4 Å². The Bertz CT molecular complexity index is 904. The molecule has 0 saturated carbocycles. The van der Waals surface area contributed by atoms with Crippen molar-refractivity contribution >= 4 is 33.0 Å². The maximum atomic E-state index is 11.3. The van der Waals surface area contributed by atoms with E-state index in [4.69, 9.17) is 17.0 Å². The van der Waals surface area contributed by atoms with Gasteiger partial charge >= 0.3 is 0 Å². The largest absolute Gasteiger partial charge is 0.381 e. The molecule has 0 aliphatic heterocycles. The predicted octanol–water partition coefficient (Wildman–Crippen LogP) is 4.09. The van der Waals surface area contributed by atoms with Gasteiger partial charge in [-0.25, -0.2) is 8.42 Å². The fourth-order valence-corrected chi connectivity index (χ4v) is 3.95. The average molecular weight is 478 g/mol. The Hall–Kier alpha value is -2.16. The Morgan fingerprint density at radius 3 is 2.38 bits per heavy atom. The molecule has 0 bridgehead atoms. The Morgan fingerprint density at radius 2 is 1.72 bits per heavy atom. The Morgan fingerprint density at radius 1 is 1.00 bits per heavy atom. The molecular weight excluding hydrogens is 442 g/mol. The summed E-state index contributed by atoms with van der Waals surface area (Å²) in [5, 5.41) is 7.12. The summed E-state index contributed by atoms with van der Waals surface area (Å²) in [6.45, 7) is 4.97. The van der Waals surface area contributed by atoms with Crippen LogP contribution >= 0.6 is 12.2 Å². The molecule has 2 rings (SSSR count). The number of ether oxygens (including phenoxy) is 1. The van der Waals surface area contributed by atoms with Crippen LogP contribution in [-0.4, -0.2) is 39.5 Å².